The molecule has 2 atom stereocenters. The number of halogens is 4. The number of aliphatic hydroxyl groups is 2. The monoisotopic (exact) mass is 628 g/mol. The summed E-state index contributed by atoms with van der Waals surface area (Å²) in [7, 11) is 1.36. The van der Waals surface area contributed by atoms with Crippen LogP contribution in [0.4, 0.5) is 17.6 Å². The summed E-state index contributed by atoms with van der Waals surface area (Å²) < 4.78 is 68.8. The van der Waals surface area contributed by atoms with Crippen molar-refractivity contribution < 1.29 is 46.8 Å². The molecule has 1 unspecified atom stereocenters. The first kappa shape index (κ1) is 31.6. The number of pyridine rings is 2. The number of aliphatic hydroxyl groups excluding tert-OH is 1. The fourth-order valence-electron chi connectivity index (χ4n) is 5.12. The highest BCUT2D eigenvalue weighted by molar-refractivity contribution is 6.00. The molecule has 0 saturated heterocycles. The number of hydrogen-bond acceptors (Lipinski definition) is 8. The minimum atomic E-state index is -5.42. The van der Waals surface area contributed by atoms with Crippen LogP contribution in [-0.4, -0.2) is 65.0 Å². The van der Waals surface area contributed by atoms with Gasteiger partial charge in [0.2, 0.25) is 11.5 Å². The number of nitrogens with zero attached hydrogens (tertiary/aromatic N) is 2. The second-order valence-corrected chi connectivity index (χ2v) is 10.8. The van der Waals surface area contributed by atoms with Crippen molar-refractivity contribution in [2.24, 2.45) is 5.73 Å². The Labute approximate surface area is 253 Å². The van der Waals surface area contributed by atoms with Crippen molar-refractivity contribution in [3.05, 3.63) is 82.4 Å². The molecule has 14 heteroatoms. The first-order valence-electron chi connectivity index (χ1n) is 13.5. The number of aryl methyl sites for hydroxylation is 2. The summed E-state index contributed by atoms with van der Waals surface area (Å²) in [6.07, 6.45) is -5.42. The van der Waals surface area contributed by atoms with E-state index in [4.69, 9.17) is 15.2 Å². The van der Waals surface area contributed by atoms with Crippen LogP contribution < -0.4 is 20.5 Å². The summed E-state index contributed by atoms with van der Waals surface area (Å²) in [6.45, 7) is 0.746. The summed E-state index contributed by atoms with van der Waals surface area (Å²) in [5.41, 5.74) is 0.218. The molecular weight excluding hydrogens is 600 g/mol. The number of methoxy groups -OCH3 is 1. The Morgan fingerprint density at radius 3 is 2.40 bits per heavy atom. The van der Waals surface area contributed by atoms with Crippen molar-refractivity contribution in [3.8, 4) is 22.8 Å². The molecule has 0 bridgehead atoms. The number of fused-ring (bicyclic) bond motifs is 2. The molecule has 2 aromatic heterocycles. The maximum atomic E-state index is 14.7. The average Bonchev–Trinajstić information content (AvgIpc) is 3.39. The Balaban J connectivity index is 1.60. The minimum Gasteiger partial charge on any atom is -0.494 e. The molecule has 2 amide bonds. The van der Waals surface area contributed by atoms with E-state index in [1.807, 2.05) is 6.92 Å². The fraction of sp³-hybridized carbons (Fsp3) is 0.290. The van der Waals surface area contributed by atoms with Crippen LogP contribution in [0.25, 0.3) is 22.2 Å². The van der Waals surface area contributed by atoms with Gasteiger partial charge in [-0.25, -0.2) is 14.4 Å². The molecule has 5 N–H and O–H groups in total. The van der Waals surface area contributed by atoms with Crippen LogP contribution in [-0.2, 0) is 15.8 Å². The molecule has 45 heavy (non-hydrogen) atoms. The lowest BCUT2D eigenvalue weighted by Gasteiger charge is -2.31. The summed E-state index contributed by atoms with van der Waals surface area (Å²) in [5, 5.41) is 24.0. The number of primary amides is 1. The maximum absolute atomic E-state index is 14.7. The van der Waals surface area contributed by atoms with E-state index in [1.165, 1.54) is 31.4 Å². The molecule has 1 aliphatic heterocycles. The van der Waals surface area contributed by atoms with Gasteiger partial charge >= 0.3 is 6.18 Å². The highest BCUT2D eigenvalue weighted by Gasteiger charge is 2.58. The summed E-state index contributed by atoms with van der Waals surface area (Å²) in [4.78, 5) is 34.2. The van der Waals surface area contributed by atoms with Crippen LogP contribution in [0, 0.1) is 19.7 Å². The van der Waals surface area contributed by atoms with E-state index in [2.05, 4.69) is 15.3 Å². The Morgan fingerprint density at radius 2 is 1.80 bits per heavy atom. The second kappa shape index (κ2) is 11.3. The number of nitrogens with one attached hydrogen (secondary N) is 1. The number of carbonyl (C=O) groups is 2. The first-order chi connectivity index (χ1) is 21.1. The topological polar surface area (TPSA) is 157 Å². The molecule has 1 aliphatic rings. The van der Waals surface area contributed by atoms with Crippen LogP contribution in [0.1, 0.15) is 32.9 Å². The van der Waals surface area contributed by atoms with Crippen LogP contribution in [0.15, 0.2) is 48.5 Å². The molecule has 0 radical (unpaired) electrons. The van der Waals surface area contributed by atoms with Gasteiger partial charge in [-0.1, -0.05) is 0 Å². The van der Waals surface area contributed by atoms with Gasteiger partial charge in [0, 0.05) is 27.8 Å². The molecular formula is C31H28F4N4O6. The molecule has 10 nitrogen and oxygen atoms in total. The predicted octanol–water partition coefficient (Wildman–Crippen LogP) is 3.35. The quantitative estimate of drug-likeness (QED) is 0.217. The standard InChI is InChI=1S/C31H28F4N4O6/c1-15-8-18-9-19(10-22(44-3)24(18)38-16(15)2)27(41)37-12-30(43,31(33,34)35)23-11-21-26(45-14-29(21,13-40)28(36)42)25(39-23)17-4-6-20(32)7-5-17/h4-11,40,43H,12-14H2,1-3H3,(H2,36,42)(H,37,41)/t29-,30?/m0/s1. The number of ether oxygens (including phenoxy) is 2. The van der Waals surface area contributed by atoms with Gasteiger partial charge in [-0.3, -0.25) is 9.59 Å². The first-order valence-corrected chi connectivity index (χ1v) is 13.5. The Bertz CT molecular complexity index is 1830. The molecule has 0 fully saturated rings. The van der Waals surface area contributed by atoms with Crippen molar-refractivity contribution >= 4 is 22.7 Å². The van der Waals surface area contributed by atoms with E-state index < -0.39 is 60.3 Å². The molecule has 0 aliphatic carbocycles. The minimum absolute atomic E-state index is 0.0655. The molecule has 0 saturated carbocycles. The number of rotatable bonds is 8. The number of benzene rings is 2. The number of alkyl halides is 3. The molecule has 2 aromatic carbocycles. The molecule has 5 rings (SSSR count). The SMILES string of the molecule is COc1cc(C(=O)NCC(O)(c2cc3c(c(-c4ccc(F)cc4)n2)OC[C@]3(CO)C(N)=O)C(F)(F)F)cc2cc(C)c(C)nc12. The average molecular weight is 629 g/mol. The molecule has 236 valence electrons. The third kappa shape index (κ3) is 5.29. The maximum Gasteiger partial charge on any atom is 0.424 e. The number of aromatic nitrogens is 2. The van der Waals surface area contributed by atoms with Crippen LogP contribution in [0.3, 0.4) is 0 Å². The van der Waals surface area contributed by atoms with Gasteiger partial charge in [0.05, 0.1) is 26.0 Å². The molecule has 3 heterocycles. The van der Waals surface area contributed by atoms with Crippen molar-refractivity contribution in [2.75, 3.05) is 26.9 Å². The van der Waals surface area contributed by atoms with Crippen molar-refractivity contribution in [3.63, 3.8) is 0 Å². The zero-order valence-electron chi connectivity index (χ0n) is 24.3. The van der Waals surface area contributed by atoms with Gasteiger partial charge in [-0.2, -0.15) is 13.2 Å². The molecule has 4 aromatic rings. The highest BCUT2D eigenvalue weighted by Crippen LogP contribution is 2.47. The van der Waals surface area contributed by atoms with Crippen LogP contribution in [0.5, 0.6) is 11.5 Å². The Hall–Kier alpha value is -4.82. The summed E-state index contributed by atoms with van der Waals surface area (Å²) >= 11 is 0. The normalized spacial score (nSPS) is 17.4. The number of carbonyl (C=O) groups excluding carboxylic acids is 2. The van der Waals surface area contributed by atoms with Gasteiger partial charge in [0.1, 0.15) is 40.5 Å². The van der Waals surface area contributed by atoms with E-state index in [-0.39, 0.29) is 33.9 Å². The van der Waals surface area contributed by atoms with Crippen molar-refractivity contribution in [2.45, 2.75) is 31.0 Å². The smallest absolute Gasteiger partial charge is 0.424 e. The summed E-state index contributed by atoms with van der Waals surface area (Å²) in [6, 6.07) is 9.76. The van der Waals surface area contributed by atoms with Gasteiger partial charge in [-0.15, -0.1) is 0 Å². The highest BCUT2D eigenvalue weighted by atomic mass is 19.4. The van der Waals surface area contributed by atoms with Gasteiger partial charge in [-0.05, 0) is 67.9 Å². The van der Waals surface area contributed by atoms with E-state index in [9.17, 15) is 37.4 Å². The van der Waals surface area contributed by atoms with Gasteiger partial charge in [0.15, 0.2) is 0 Å². The lowest BCUT2D eigenvalue weighted by atomic mass is 9.80. The van der Waals surface area contributed by atoms with E-state index >= 15 is 0 Å². The third-order valence-electron chi connectivity index (χ3n) is 8.02. The van der Waals surface area contributed by atoms with E-state index in [1.54, 1.807) is 13.0 Å². The molecule has 0 spiro atoms. The largest absolute Gasteiger partial charge is 0.494 e. The zero-order valence-corrected chi connectivity index (χ0v) is 24.3. The number of hydrogen-bond donors (Lipinski definition) is 4. The summed E-state index contributed by atoms with van der Waals surface area (Å²) in [5.74, 6) is -2.67. The van der Waals surface area contributed by atoms with E-state index in [0.717, 1.165) is 29.5 Å². The zero-order chi connectivity index (χ0) is 32.9. The number of amides is 2. The lowest BCUT2D eigenvalue weighted by molar-refractivity contribution is -0.265. The number of nitrogens with two attached hydrogens (primary N) is 1. The van der Waals surface area contributed by atoms with Crippen LogP contribution in [0.2, 0.25) is 0 Å². The Kier molecular flexibility index (Phi) is 7.92. The third-order valence-corrected chi connectivity index (χ3v) is 8.02. The predicted molar refractivity (Wildman–Crippen MR) is 153 cm³/mol. The fourth-order valence-corrected chi connectivity index (χ4v) is 5.12. The van der Waals surface area contributed by atoms with Crippen LogP contribution >= 0.6 is 0 Å². The van der Waals surface area contributed by atoms with Gasteiger partial charge < -0.3 is 30.7 Å². The van der Waals surface area contributed by atoms with Gasteiger partial charge in [0.25, 0.3) is 5.91 Å². The van der Waals surface area contributed by atoms with E-state index in [0.29, 0.717) is 10.9 Å². The van der Waals surface area contributed by atoms with Crippen molar-refractivity contribution in [1.29, 1.82) is 0 Å². The second-order valence-electron chi connectivity index (χ2n) is 10.8. The van der Waals surface area contributed by atoms with Crippen molar-refractivity contribution in [1.82, 2.24) is 15.3 Å². The lowest BCUT2D eigenvalue weighted by Crippen LogP contribution is -2.52. The Morgan fingerprint density at radius 1 is 1.11 bits per heavy atom.